The molecule has 0 unspecified atom stereocenters. The van der Waals surface area contributed by atoms with Gasteiger partial charge >= 0.3 is 0 Å². The highest BCUT2D eigenvalue weighted by Crippen LogP contribution is 2.28. The van der Waals surface area contributed by atoms with Crippen molar-refractivity contribution in [3.8, 4) is 0 Å². The zero-order valence-electron chi connectivity index (χ0n) is 6.65. The smallest absolute Gasteiger partial charge is 0.196 e. The fourth-order valence-electron chi connectivity index (χ4n) is 1.08. The predicted octanol–water partition coefficient (Wildman–Crippen LogP) is 3.45. The van der Waals surface area contributed by atoms with Gasteiger partial charge in [-0.05, 0) is 6.07 Å². The summed E-state index contributed by atoms with van der Waals surface area (Å²) in [5.41, 5.74) is -0.162. The molecule has 0 aliphatic rings. The number of nitrogens with zero attached hydrogens (tertiary/aromatic N) is 1. The quantitative estimate of drug-likeness (QED) is 0.547. The third-order valence-electron chi connectivity index (χ3n) is 1.68. The van der Waals surface area contributed by atoms with Gasteiger partial charge in [0.25, 0.3) is 0 Å². The normalized spacial score (nSPS) is 11.1. The van der Waals surface area contributed by atoms with Crippen LogP contribution in [0.25, 0.3) is 10.2 Å². The zero-order valence-corrected chi connectivity index (χ0v) is 8.22. The number of hydrogen-bond acceptors (Lipinski definition) is 2. The van der Waals surface area contributed by atoms with Crippen LogP contribution in [0.15, 0.2) is 6.07 Å². The van der Waals surface area contributed by atoms with Gasteiger partial charge < -0.3 is 0 Å². The van der Waals surface area contributed by atoms with Crippen molar-refractivity contribution in [2.75, 3.05) is 0 Å². The molecule has 1 heterocycles. The van der Waals surface area contributed by atoms with Crippen LogP contribution in [0.1, 0.15) is 5.01 Å². The van der Waals surface area contributed by atoms with Crippen molar-refractivity contribution in [1.29, 1.82) is 0 Å². The lowest BCUT2D eigenvalue weighted by Gasteiger charge is -1.94. The van der Waals surface area contributed by atoms with E-state index in [1.807, 2.05) is 0 Å². The Bertz CT molecular complexity index is 497. The molecule has 14 heavy (non-hydrogen) atoms. The van der Waals surface area contributed by atoms with Crippen LogP contribution in [0.3, 0.4) is 0 Å². The predicted molar refractivity (Wildman–Crippen MR) is 49.1 cm³/mol. The fourth-order valence-corrected chi connectivity index (χ4v) is 2.14. The van der Waals surface area contributed by atoms with Gasteiger partial charge in [0.2, 0.25) is 0 Å². The number of halogens is 4. The van der Waals surface area contributed by atoms with Gasteiger partial charge in [0.1, 0.15) is 10.5 Å². The zero-order chi connectivity index (χ0) is 10.3. The summed E-state index contributed by atoms with van der Waals surface area (Å²) in [6, 6.07) is 0.918. The highest BCUT2D eigenvalue weighted by atomic mass is 35.5. The maximum atomic E-state index is 13.1. The van der Waals surface area contributed by atoms with E-state index in [9.17, 15) is 13.2 Å². The minimum Gasteiger partial charge on any atom is -0.237 e. The van der Waals surface area contributed by atoms with Crippen LogP contribution in [0.5, 0.6) is 0 Å². The number of benzene rings is 1. The minimum atomic E-state index is -1.50. The van der Waals surface area contributed by atoms with Crippen molar-refractivity contribution in [2.45, 2.75) is 5.88 Å². The Morgan fingerprint density at radius 2 is 2.00 bits per heavy atom. The summed E-state index contributed by atoms with van der Waals surface area (Å²) in [6.45, 7) is 0. The van der Waals surface area contributed by atoms with E-state index in [0.717, 1.165) is 17.4 Å². The molecule has 1 aromatic carbocycles. The Morgan fingerprint density at radius 3 is 2.64 bits per heavy atom. The molecule has 1 nitrogen and oxygen atoms in total. The molecule has 0 spiro atoms. The number of rotatable bonds is 1. The molecular formula is C8H3ClF3NS. The Labute approximate surface area is 86.1 Å². The largest absolute Gasteiger partial charge is 0.237 e. The molecule has 0 fully saturated rings. The minimum absolute atomic E-state index is 0.0992. The second-order valence-corrected chi connectivity index (χ2v) is 3.96. The van der Waals surface area contributed by atoms with Crippen LogP contribution < -0.4 is 0 Å². The van der Waals surface area contributed by atoms with Gasteiger partial charge in [-0.15, -0.1) is 22.9 Å². The summed E-state index contributed by atoms with van der Waals surface area (Å²) in [7, 11) is 0. The Morgan fingerprint density at radius 1 is 1.29 bits per heavy atom. The van der Waals surface area contributed by atoms with Crippen LogP contribution in [-0.4, -0.2) is 4.98 Å². The summed E-state index contributed by atoms with van der Waals surface area (Å²) < 4.78 is 38.9. The molecule has 0 bridgehead atoms. The van der Waals surface area contributed by atoms with Gasteiger partial charge in [0.15, 0.2) is 17.5 Å². The van der Waals surface area contributed by atoms with Gasteiger partial charge in [-0.2, -0.15) is 0 Å². The van der Waals surface area contributed by atoms with Gasteiger partial charge in [-0.25, -0.2) is 18.2 Å². The van der Waals surface area contributed by atoms with E-state index in [-0.39, 0.29) is 16.1 Å². The maximum absolute atomic E-state index is 13.1. The van der Waals surface area contributed by atoms with E-state index < -0.39 is 17.5 Å². The average Bonchev–Trinajstić information content (AvgIpc) is 2.57. The van der Waals surface area contributed by atoms with E-state index in [2.05, 4.69) is 4.98 Å². The first-order valence-electron chi connectivity index (χ1n) is 3.62. The molecule has 0 amide bonds. The summed E-state index contributed by atoms with van der Waals surface area (Å²) in [5.74, 6) is -3.86. The molecule has 0 saturated carbocycles. The first kappa shape index (κ1) is 9.73. The molecule has 0 aliphatic heterocycles. The summed E-state index contributed by atoms with van der Waals surface area (Å²) in [4.78, 5) is 3.74. The fraction of sp³-hybridized carbons (Fsp3) is 0.125. The molecule has 0 radical (unpaired) electrons. The van der Waals surface area contributed by atoms with Crippen molar-refractivity contribution >= 4 is 33.2 Å². The van der Waals surface area contributed by atoms with E-state index >= 15 is 0 Å². The SMILES string of the molecule is Fc1cc2sc(CCl)nc2c(F)c1F. The van der Waals surface area contributed by atoms with Crippen LogP contribution in [0.2, 0.25) is 0 Å². The summed E-state index contributed by atoms with van der Waals surface area (Å²) in [6.07, 6.45) is 0. The van der Waals surface area contributed by atoms with Gasteiger partial charge in [-0.1, -0.05) is 0 Å². The lowest BCUT2D eigenvalue weighted by Crippen LogP contribution is -1.90. The van der Waals surface area contributed by atoms with E-state index in [4.69, 9.17) is 11.6 Å². The van der Waals surface area contributed by atoms with Crippen molar-refractivity contribution in [3.63, 3.8) is 0 Å². The first-order chi connectivity index (χ1) is 6.63. The number of alkyl halides is 1. The Kier molecular flexibility index (Phi) is 2.36. The molecule has 74 valence electrons. The maximum Gasteiger partial charge on any atom is 0.196 e. The Hall–Kier alpha value is -0.810. The molecule has 0 aliphatic carbocycles. The van der Waals surface area contributed by atoms with Crippen LogP contribution >= 0.6 is 22.9 Å². The third-order valence-corrected chi connectivity index (χ3v) is 3.09. The molecule has 0 N–H and O–H groups in total. The van der Waals surface area contributed by atoms with E-state index in [1.54, 1.807) is 0 Å². The lowest BCUT2D eigenvalue weighted by atomic mass is 10.3. The van der Waals surface area contributed by atoms with Crippen molar-refractivity contribution in [3.05, 3.63) is 28.5 Å². The molecule has 2 aromatic rings. The summed E-state index contributed by atoms with van der Waals surface area (Å²) >= 11 is 6.51. The number of hydrogen-bond donors (Lipinski definition) is 0. The van der Waals surface area contributed by atoms with Crippen LogP contribution in [0.4, 0.5) is 13.2 Å². The molecular weight excluding hydrogens is 235 g/mol. The van der Waals surface area contributed by atoms with E-state index in [0.29, 0.717) is 5.01 Å². The topological polar surface area (TPSA) is 12.9 Å². The van der Waals surface area contributed by atoms with Crippen molar-refractivity contribution < 1.29 is 13.2 Å². The molecule has 6 heteroatoms. The molecule has 0 saturated heterocycles. The van der Waals surface area contributed by atoms with Gasteiger partial charge in [0.05, 0.1) is 10.6 Å². The lowest BCUT2D eigenvalue weighted by molar-refractivity contribution is 0.453. The average molecular weight is 238 g/mol. The second kappa shape index (κ2) is 3.40. The number of fused-ring (bicyclic) bond motifs is 1. The molecule has 2 rings (SSSR count). The van der Waals surface area contributed by atoms with Gasteiger partial charge in [0, 0.05) is 0 Å². The van der Waals surface area contributed by atoms with Crippen LogP contribution in [0, 0.1) is 17.5 Å². The molecule has 0 atom stereocenters. The Balaban J connectivity index is 2.81. The monoisotopic (exact) mass is 237 g/mol. The second-order valence-electron chi connectivity index (χ2n) is 2.57. The first-order valence-corrected chi connectivity index (χ1v) is 4.97. The number of aromatic nitrogens is 1. The van der Waals surface area contributed by atoms with E-state index in [1.165, 1.54) is 0 Å². The third kappa shape index (κ3) is 1.36. The standard InChI is InChI=1S/C8H3ClF3NS/c9-2-5-13-8-4(14-5)1-3(10)6(11)7(8)12/h1H,2H2. The number of thiazole rings is 1. The van der Waals surface area contributed by atoms with Crippen molar-refractivity contribution in [1.82, 2.24) is 4.98 Å². The summed E-state index contributed by atoms with van der Waals surface area (Å²) in [5, 5.41) is 0.436. The highest BCUT2D eigenvalue weighted by Gasteiger charge is 2.16. The van der Waals surface area contributed by atoms with Crippen molar-refractivity contribution in [2.24, 2.45) is 0 Å². The van der Waals surface area contributed by atoms with Crippen LogP contribution in [-0.2, 0) is 5.88 Å². The molecule has 1 aromatic heterocycles. The highest BCUT2D eigenvalue weighted by molar-refractivity contribution is 7.18. The van der Waals surface area contributed by atoms with Gasteiger partial charge in [-0.3, -0.25) is 0 Å².